The van der Waals surface area contributed by atoms with Gasteiger partial charge in [-0.15, -0.1) is 0 Å². The van der Waals surface area contributed by atoms with Crippen LogP contribution in [0.25, 0.3) is 10.6 Å². The fourth-order valence-electron chi connectivity index (χ4n) is 1.41. The third-order valence-corrected chi connectivity index (χ3v) is 4.16. The first kappa shape index (κ1) is 14.2. The van der Waals surface area contributed by atoms with Crippen molar-refractivity contribution in [3.05, 3.63) is 23.9 Å². The van der Waals surface area contributed by atoms with Gasteiger partial charge in [-0.25, -0.2) is 15.0 Å². The third kappa shape index (κ3) is 3.23. The minimum absolute atomic E-state index is 0.0450. The molecule has 8 heteroatoms. The number of rotatable bonds is 4. The summed E-state index contributed by atoms with van der Waals surface area (Å²) in [5, 5.41) is 1.61. The number of carbonyl (C=O) groups excluding carboxylic acids is 1. The van der Waals surface area contributed by atoms with E-state index in [1.165, 1.54) is 22.6 Å². The number of thiol groups is 1. The maximum atomic E-state index is 11.8. The molecule has 5 nitrogen and oxygen atoms in total. The Balaban J connectivity index is 2.29. The van der Waals surface area contributed by atoms with Crippen LogP contribution in [-0.2, 0) is 4.79 Å². The normalized spacial score (nSPS) is 10.5. The number of aromatic nitrogens is 3. The Bertz CT molecular complexity index is 575. The first-order valence-corrected chi connectivity index (χ1v) is 7.25. The van der Waals surface area contributed by atoms with Crippen LogP contribution in [-0.4, -0.2) is 33.7 Å². The zero-order chi connectivity index (χ0) is 13.8. The number of carbonyl (C=O) groups is 1. The van der Waals surface area contributed by atoms with Gasteiger partial charge in [-0.1, -0.05) is 22.9 Å². The fraction of sp³-hybridized carbons (Fsp3) is 0.273. The van der Waals surface area contributed by atoms with Crippen molar-refractivity contribution in [2.75, 3.05) is 17.7 Å². The highest BCUT2D eigenvalue weighted by Crippen LogP contribution is 2.36. The van der Waals surface area contributed by atoms with Crippen LogP contribution in [0.4, 0.5) is 5.00 Å². The topological polar surface area (TPSA) is 59.0 Å². The summed E-state index contributed by atoms with van der Waals surface area (Å²) in [5.74, 6) is 0.454. The summed E-state index contributed by atoms with van der Waals surface area (Å²) in [6, 6.07) is 0. The molecule has 19 heavy (non-hydrogen) atoms. The van der Waals surface area contributed by atoms with E-state index in [-0.39, 0.29) is 5.91 Å². The average molecular weight is 315 g/mol. The van der Waals surface area contributed by atoms with Gasteiger partial charge in [-0.05, 0) is 5.75 Å². The monoisotopic (exact) mass is 314 g/mol. The minimum Gasteiger partial charge on any atom is -0.304 e. The zero-order valence-electron chi connectivity index (χ0n) is 10.1. The maximum absolute atomic E-state index is 11.8. The molecule has 0 unspecified atom stereocenters. The van der Waals surface area contributed by atoms with Crippen molar-refractivity contribution in [1.82, 2.24) is 15.0 Å². The molecule has 100 valence electrons. The number of amides is 1. The predicted molar refractivity (Wildman–Crippen MR) is 80.0 cm³/mol. The first-order valence-electron chi connectivity index (χ1n) is 5.42. The van der Waals surface area contributed by atoms with Gasteiger partial charge >= 0.3 is 0 Å². The minimum atomic E-state index is -0.0450. The summed E-state index contributed by atoms with van der Waals surface area (Å²) >= 11 is 11.5. The highest BCUT2D eigenvalue weighted by molar-refractivity contribution is 7.80. The van der Waals surface area contributed by atoms with Crippen molar-refractivity contribution >= 4 is 46.5 Å². The fourth-order valence-corrected chi connectivity index (χ4v) is 2.89. The second kappa shape index (κ2) is 6.31. The van der Waals surface area contributed by atoms with Crippen molar-refractivity contribution < 1.29 is 4.79 Å². The highest BCUT2D eigenvalue weighted by Gasteiger charge is 2.19. The van der Waals surface area contributed by atoms with Crippen molar-refractivity contribution in [3.63, 3.8) is 0 Å². The molecule has 0 aliphatic carbocycles. The van der Waals surface area contributed by atoms with Gasteiger partial charge in [0, 0.05) is 31.4 Å². The van der Waals surface area contributed by atoms with Crippen LogP contribution in [0.1, 0.15) is 6.42 Å². The molecule has 0 bridgehead atoms. The van der Waals surface area contributed by atoms with Gasteiger partial charge in [0.05, 0.1) is 0 Å². The standard InChI is InChI=1S/C11H11ClN4OS2/c1-16(8(17)2-3-18)11-9(12)15-10(19-11)7-4-13-6-14-5-7/h4-6,18H,2-3H2,1H3. The second-order valence-corrected chi connectivity index (χ2v) is 5.45. The lowest BCUT2D eigenvalue weighted by Crippen LogP contribution is -2.25. The summed E-state index contributed by atoms with van der Waals surface area (Å²) in [6.07, 6.45) is 5.11. The van der Waals surface area contributed by atoms with Crippen molar-refractivity contribution in [1.29, 1.82) is 0 Å². The first-order chi connectivity index (χ1) is 9.13. The second-order valence-electron chi connectivity index (χ2n) is 3.67. The molecule has 0 saturated carbocycles. The van der Waals surface area contributed by atoms with Crippen LogP contribution in [0.3, 0.4) is 0 Å². The van der Waals surface area contributed by atoms with Crippen LogP contribution in [0.2, 0.25) is 5.15 Å². The van der Waals surface area contributed by atoms with Gasteiger partial charge in [0.1, 0.15) is 16.3 Å². The maximum Gasteiger partial charge on any atom is 0.228 e. The molecule has 2 rings (SSSR count). The van der Waals surface area contributed by atoms with E-state index in [4.69, 9.17) is 11.6 Å². The van der Waals surface area contributed by atoms with E-state index >= 15 is 0 Å². The number of thiazole rings is 1. The molecule has 0 aliphatic rings. The number of halogens is 1. The highest BCUT2D eigenvalue weighted by atomic mass is 35.5. The molecule has 0 saturated heterocycles. The lowest BCUT2D eigenvalue weighted by atomic mass is 10.4. The Morgan fingerprint density at radius 3 is 2.79 bits per heavy atom. The van der Waals surface area contributed by atoms with Gasteiger partial charge in [-0.2, -0.15) is 12.6 Å². The zero-order valence-corrected chi connectivity index (χ0v) is 12.5. The Morgan fingerprint density at radius 1 is 1.47 bits per heavy atom. The van der Waals surface area contributed by atoms with Crippen LogP contribution in [0.15, 0.2) is 18.7 Å². The molecular formula is C11H11ClN4OS2. The van der Waals surface area contributed by atoms with Gasteiger partial charge in [0.15, 0.2) is 5.15 Å². The Hall–Kier alpha value is -1.18. The van der Waals surface area contributed by atoms with Crippen LogP contribution in [0.5, 0.6) is 0 Å². The number of nitrogens with zero attached hydrogens (tertiary/aromatic N) is 4. The van der Waals surface area contributed by atoms with E-state index in [0.29, 0.717) is 27.3 Å². The van der Waals surface area contributed by atoms with Crippen molar-refractivity contribution in [2.45, 2.75) is 6.42 Å². The van der Waals surface area contributed by atoms with Gasteiger partial charge in [0.2, 0.25) is 5.91 Å². The molecule has 0 fully saturated rings. The lowest BCUT2D eigenvalue weighted by Gasteiger charge is -2.14. The van der Waals surface area contributed by atoms with Crippen molar-refractivity contribution in [2.24, 2.45) is 0 Å². The molecule has 2 aromatic heterocycles. The summed E-state index contributed by atoms with van der Waals surface area (Å²) in [6.45, 7) is 0. The molecule has 0 radical (unpaired) electrons. The molecule has 0 aliphatic heterocycles. The van der Waals surface area contributed by atoms with Gasteiger partial charge in [0.25, 0.3) is 0 Å². The van der Waals surface area contributed by atoms with E-state index in [1.54, 1.807) is 19.4 Å². The molecule has 2 heterocycles. The summed E-state index contributed by atoms with van der Waals surface area (Å²) in [7, 11) is 1.68. The van der Waals surface area contributed by atoms with Gasteiger partial charge in [-0.3, -0.25) is 4.79 Å². The third-order valence-electron chi connectivity index (χ3n) is 2.38. The van der Waals surface area contributed by atoms with E-state index in [1.807, 2.05) is 0 Å². The molecular weight excluding hydrogens is 304 g/mol. The Morgan fingerprint density at radius 2 is 2.16 bits per heavy atom. The van der Waals surface area contributed by atoms with Crippen LogP contribution in [0, 0.1) is 0 Å². The van der Waals surface area contributed by atoms with Gasteiger partial charge < -0.3 is 4.90 Å². The Kier molecular flexibility index (Phi) is 4.73. The summed E-state index contributed by atoms with van der Waals surface area (Å²) < 4.78 is 0. The Labute approximate surface area is 125 Å². The smallest absolute Gasteiger partial charge is 0.228 e. The predicted octanol–water partition coefficient (Wildman–Crippen LogP) is 2.54. The average Bonchev–Trinajstić information content (AvgIpc) is 2.81. The number of hydrogen-bond donors (Lipinski definition) is 1. The summed E-state index contributed by atoms with van der Waals surface area (Å²) in [4.78, 5) is 25.4. The van der Waals surface area contributed by atoms with E-state index < -0.39 is 0 Å². The van der Waals surface area contributed by atoms with Crippen LogP contribution < -0.4 is 4.90 Å². The van der Waals surface area contributed by atoms with E-state index in [0.717, 1.165) is 5.56 Å². The molecule has 0 atom stereocenters. The molecule has 0 spiro atoms. The molecule has 1 amide bonds. The largest absolute Gasteiger partial charge is 0.304 e. The number of anilines is 1. The quantitative estimate of drug-likeness (QED) is 0.881. The molecule has 2 aromatic rings. The van der Waals surface area contributed by atoms with Crippen LogP contribution >= 0.6 is 35.6 Å². The van der Waals surface area contributed by atoms with E-state index in [2.05, 4.69) is 27.6 Å². The van der Waals surface area contributed by atoms with Crippen molar-refractivity contribution in [3.8, 4) is 10.6 Å². The lowest BCUT2D eigenvalue weighted by molar-refractivity contribution is -0.117. The summed E-state index contributed by atoms with van der Waals surface area (Å²) in [5.41, 5.74) is 0.774. The molecule has 0 aromatic carbocycles. The molecule has 0 N–H and O–H groups in total. The SMILES string of the molecule is CN(C(=O)CCS)c1sc(-c2cncnc2)nc1Cl. The number of hydrogen-bond acceptors (Lipinski definition) is 6. The van der Waals surface area contributed by atoms with E-state index in [9.17, 15) is 4.79 Å².